The number of furan rings is 1. The second-order valence-corrected chi connectivity index (χ2v) is 8.15. The minimum Gasteiger partial charge on any atom is -0.468 e. The number of benzene rings is 2. The van der Waals surface area contributed by atoms with E-state index in [1.165, 1.54) is 30.2 Å². The van der Waals surface area contributed by atoms with Crippen LogP contribution in [0.5, 0.6) is 5.95 Å². The molecular formula is C26H27FN2O5. The first-order valence-electron chi connectivity index (χ1n) is 11.1. The zero-order chi connectivity index (χ0) is 23.9. The maximum atomic E-state index is 13.6. The van der Waals surface area contributed by atoms with Gasteiger partial charge in [-0.2, -0.15) is 0 Å². The maximum absolute atomic E-state index is 13.6. The summed E-state index contributed by atoms with van der Waals surface area (Å²) in [7, 11) is 1.45. The topological polar surface area (TPSA) is 72.2 Å². The van der Waals surface area contributed by atoms with Crippen LogP contribution in [0.4, 0.5) is 4.39 Å². The second kappa shape index (κ2) is 11.0. The smallest absolute Gasteiger partial charge is 0.290 e. The monoisotopic (exact) mass is 466 g/mol. The van der Waals surface area contributed by atoms with Crippen molar-refractivity contribution in [1.82, 2.24) is 9.80 Å². The zero-order valence-electron chi connectivity index (χ0n) is 19.0. The Morgan fingerprint density at radius 1 is 1.06 bits per heavy atom. The molecule has 178 valence electrons. The Morgan fingerprint density at radius 2 is 1.85 bits per heavy atom. The molecule has 1 aromatic heterocycles. The third-order valence-corrected chi connectivity index (χ3v) is 5.70. The summed E-state index contributed by atoms with van der Waals surface area (Å²) in [5, 5.41) is 0. The molecule has 34 heavy (non-hydrogen) atoms. The van der Waals surface area contributed by atoms with E-state index in [1.54, 1.807) is 23.1 Å². The minimum absolute atomic E-state index is 0.0868. The Kier molecular flexibility index (Phi) is 7.59. The van der Waals surface area contributed by atoms with Gasteiger partial charge in [0.25, 0.3) is 11.9 Å². The second-order valence-electron chi connectivity index (χ2n) is 8.15. The molecule has 2 amide bonds. The highest BCUT2D eigenvalue weighted by Crippen LogP contribution is 2.19. The summed E-state index contributed by atoms with van der Waals surface area (Å²) in [6.45, 7) is 1.10. The van der Waals surface area contributed by atoms with Crippen molar-refractivity contribution < 1.29 is 27.9 Å². The van der Waals surface area contributed by atoms with Crippen molar-refractivity contribution in [2.75, 3.05) is 33.3 Å². The van der Waals surface area contributed by atoms with Crippen LogP contribution in [0, 0.1) is 5.82 Å². The van der Waals surface area contributed by atoms with E-state index in [4.69, 9.17) is 13.9 Å². The zero-order valence-corrected chi connectivity index (χ0v) is 19.0. The van der Waals surface area contributed by atoms with Gasteiger partial charge in [-0.3, -0.25) is 9.59 Å². The average molecular weight is 467 g/mol. The molecule has 1 atom stereocenters. The number of carbonyl (C=O) groups excluding carboxylic acids is 2. The highest BCUT2D eigenvalue weighted by atomic mass is 19.1. The molecule has 1 aliphatic rings. The largest absolute Gasteiger partial charge is 0.468 e. The molecule has 2 aromatic carbocycles. The van der Waals surface area contributed by atoms with Gasteiger partial charge in [-0.05, 0) is 35.7 Å². The number of nitrogens with zero attached hydrogens (tertiary/aromatic N) is 2. The Labute approximate surface area is 197 Å². The van der Waals surface area contributed by atoms with Crippen molar-refractivity contribution in [1.29, 1.82) is 0 Å². The fourth-order valence-corrected chi connectivity index (χ4v) is 3.91. The van der Waals surface area contributed by atoms with Crippen LogP contribution in [0.15, 0.2) is 71.1 Å². The molecule has 1 unspecified atom stereocenters. The van der Waals surface area contributed by atoms with Crippen molar-refractivity contribution in [3.8, 4) is 5.95 Å². The van der Waals surface area contributed by atoms with Gasteiger partial charge in [0.2, 0.25) is 5.91 Å². The van der Waals surface area contributed by atoms with E-state index in [0.29, 0.717) is 25.1 Å². The molecule has 4 rings (SSSR count). The van der Waals surface area contributed by atoms with E-state index < -0.39 is 12.0 Å². The Hall–Kier alpha value is -3.65. The van der Waals surface area contributed by atoms with Crippen LogP contribution in [0.3, 0.4) is 0 Å². The molecule has 2 heterocycles. The lowest BCUT2D eigenvalue weighted by atomic mass is 10.1. The minimum atomic E-state index is -0.453. The molecule has 0 radical (unpaired) electrons. The molecule has 0 aliphatic carbocycles. The van der Waals surface area contributed by atoms with Gasteiger partial charge in [0, 0.05) is 25.7 Å². The number of ether oxygens (including phenoxy) is 2. The first-order valence-corrected chi connectivity index (χ1v) is 11.1. The molecule has 8 heteroatoms. The van der Waals surface area contributed by atoms with Gasteiger partial charge in [-0.1, -0.05) is 42.5 Å². The molecule has 0 spiro atoms. The number of hydrogen-bond acceptors (Lipinski definition) is 5. The fourth-order valence-electron chi connectivity index (χ4n) is 3.91. The van der Waals surface area contributed by atoms with Gasteiger partial charge in [0.15, 0.2) is 5.76 Å². The van der Waals surface area contributed by atoms with E-state index >= 15 is 0 Å². The number of amides is 2. The molecule has 0 saturated carbocycles. The van der Waals surface area contributed by atoms with Crippen molar-refractivity contribution in [3.63, 3.8) is 0 Å². The van der Waals surface area contributed by atoms with Gasteiger partial charge < -0.3 is 23.7 Å². The van der Waals surface area contributed by atoms with E-state index in [-0.39, 0.29) is 43.1 Å². The van der Waals surface area contributed by atoms with Gasteiger partial charge in [-0.25, -0.2) is 4.39 Å². The van der Waals surface area contributed by atoms with E-state index in [1.807, 2.05) is 30.3 Å². The highest BCUT2D eigenvalue weighted by molar-refractivity contribution is 5.94. The summed E-state index contributed by atoms with van der Waals surface area (Å²) < 4.78 is 30.1. The van der Waals surface area contributed by atoms with Crippen LogP contribution < -0.4 is 4.74 Å². The molecule has 1 fully saturated rings. The highest BCUT2D eigenvalue weighted by Gasteiger charge is 2.32. The van der Waals surface area contributed by atoms with Crippen LogP contribution in [0.25, 0.3) is 0 Å². The van der Waals surface area contributed by atoms with Crippen LogP contribution in [0.1, 0.15) is 21.7 Å². The number of halogens is 1. The third-order valence-electron chi connectivity index (χ3n) is 5.70. The first-order chi connectivity index (χ1) is 16.5. The summed E-state index contributed by atoms with van der Waals surface area (Å²) in [4.78, 5) is 29.3. The molecule has 0 N–H and O–H groups in total. The number of rotatable bonds is 8. The average Bonchev–Trinajstić information content (AvgIpc) is 3.27. The molecule has 3 aromatic rings. The van der Waals surface area contributed by atoms with Crippen molar-refractivity contribution in [2.45, 2.75) is 19.1 Å². The SMILES string of the molecule is COc1ccc(C(=O)N2CC(=O)N(CCc3ccccc3)CC(OCc3cccc(F)c3)C2)o1. The van der Waals surface area contributed by atoms with Gasteiger partial charge in [0.1, 0.15) is 12.4 Å². The molecule has 1 saturated heterocycles. The number of hydrogen-bond donors (Lipinski definition) is 0. The van der Waals surface area contributed by atoms with Gasteiger partial charge >= 0.3 is 0 Å². The lowest BCUT2D eigenvalue weighted by Gasteiger charge is -2.25. The third kappa shape index (κ3) is 6.02. The Morgan fingerprint density at radius 3 is 2.59 bits per heavy atom. The van der Waals surface area contributed by atoms with Crippen LogP contribution in [0.2, 0.25) is 0 Å². The normalized spacial score (nSPS) is 16.4. The molecule has 7 nitrogen and oxygen atoms in total. The number of carbonyl (C=O) groups is 2. The summed E-state index contributed by atoms with van der Waals surface area (Å²) in [5.41, 5.74) is 1.80. The molecule has 0 bridgehead atoms. The Balaban J connectivity index is 1.49. The number of methoxy groups -OCH3 is 1. The van der Waals surface area contributed by atoms with Crippen molar-refractivity contribution >= 4 is 11.8 Å². The van der Waals surface area contributed by atoms with E-state index in [9.17, 15) is 14.0 Å². The van der Waals surface area contributed by atoms with E-state index in [2.05, 4.69) is 0 Å². The standard InChI is InChI=1S/C26H27FN2O5/c1-32-25-11-10-23(34-25)26(31)29-16-22(33-18-20-8-5-9-21(27)14-20)15-28(24(30)17-29)13-12-19-6-3-2-4-7-19/h2-11,14,22H,12-13,15-18H2,1H3. The van der Waals surface area contributed by atoms with Crippen LogP contribution >= 0.6 is 0 Å². The lowest BCUT2D eigenvalue weighted by molar-refractivity contribution is -0.131. The van der Waals surface area contributed by atoms with Crippen molar-refractivity contribution in [3.05, 3.63) is 89.4 Å². The van der Waals surface area contributed by atoms with Gasteiger partial charge in [0.05, 0.1) is 19.8 Å². The van der Waals surface area contributed by atoms with Gasteiger partial charge in [-0.15, -0.1) is 0 Å². The molecule has 1 aliphatic heterocycles. The summed E-state index contributed by atoms with van der Waals surface area (Å²) in [5.74, 6) is -0.620. The predicted octanol–water partition coefficient (Wildman–Crippen LogP) is 3.54. The summed E-state index contributed by atoms with van der Waals surface area (Å²) in [6, 6.07) is 19.1. The van der Waals surface area contributed by atoms with Crippen molar-refractivity contribution in [2.24, 2.45) is 0 Å². The molecular weight excluding hydrogens is 439 g/mol. The van der Waals surface area contributed by atoms with Crippen LogP contribution in [-0.2, 0) is 22.6 Å². The lowest BCUT2D eigenvalue weighted by Crippen LogP contribution is -2.40. The van der Waals surface area contributed by atoms with E-state index in [0.717, 1.165) is 5.56 Å². The fraction of sp³-hybridized carbons (Fsp3) is 0.308. The maximum Gasteiger partial charge on any atom is 0.290 e. The summed E-state index contributed by atoms with van der Waals surface area (Å²) >= 11 is 0. The quantitative estimate of drug-likeness (QED) is 0.508. The summed E-state index contributed by atoms with van der Waals surface area (Å²) in [6.07, 6.45) is 0.235. The first kappa shape index (κ1) is 23.5. The van der Waals surface area contributed by atoms with Crippen LogP contribution in [-0.4, -0.2) is 61.0 Å². The Bertz CT molecular complexity index is 1120. The predicted molar refractivity (Wildman–Crippen MR) is 123 cm³/mol.